The molecule has 0 amide bonds. The number of nitrogens with one attached hydrogen (secondary N) is 1. The molecular weight excluding hydrogens is 232 g/mol. The number of hydrogen-bond acceptors (Lipinski definition) is 4. The molecule has 108 valence electrons. The molecule has 0 heterocycles. The number of rotatable bonds is 10. The molecule has 6 heteroatoms. The van der Waals surface area contributed by atoms with E-state index in [0.717, 1.165) is 39.3 Å². The molecule has 0 aromatic rings. The van der Waals surface area contributed by atoms with Gasteiger partial charge in [0.1, 0.15) is 0 Å². The summed E-state index contributed by atoms with van der Waals surface area (Å²) in [6.07, 6.45) is 0.996. The maximum absolute atomic E-state index is 5.52. The van der Waals surface area contributed by atoms with E-state index in [0.29, 0.717) is 19.2 Å². The number of guanidine groups is 1. The minimum absolute atomic E-state index is 0.662. The van der Waals surface area contributed by atoms with E-state index in [-0.39, 0.29) is 0 Å². The second kappa shape index (κ2) is 12.6. The summed E-state index contributed by atoms with van der Waals surface area (Å²) in [5.41, 5.74) is 2.66. The molecule has 0 atom stereocenters. The van der Waals surface area contributed by atoms with Crippen LogP contribution in [-0.4, -0.2) is 56.9 Å². The van der Waals surface area contributed by atoms with Crippen LogP contribution < -0.4 is 11.3 Å². The highest BCUT2D eigenvalue weighted by Crippen LogP contribution is 1.93. The molecule has 0 spiro atoms. The van der Waals surface area contributed by atoms with E-state index in [1.54, 1.807) is 0 Å². The molecular formula is C12H28N4O2. The largest absolute Gasteiger partial charge is 0.380 e. The zero-order chi connectivity index (χ0) is 13.6. The van der Waals surface area contributed by atoms with E-state index in [1.165, 1.54) is 0 Å². The molecule has 0 radical (unpaired) electrons. The van der Waals surface area contributed by atoms with Crippen LogP contribution in [0.5, 0.6) is 0 Å². The zero-order valence-corrected chi connectivity index (χ0v) is 11.9. The smallest absolute Gasteiger partial charge is 0.208 e. The standard InChI is InChI=1S/C12H28N4O2/c1-4-7-14-12(15-13)16(8-10-17-5-2)9-11-18-6-3/h4-11,13H2,1-3H3,(H,14,15). The van der Waals surface area contributed by atoms with E-state index in [1.807, 2.05) is 13.8 Å². The van der Waals surface area contributed by atoms with Gasteiger partial charge in [-0.1, -0.05) is 6.92 Å². The summed E-state index contributed by atoms with van der Waals surface area (Å²) in [7, 11) is 0. The Kier molecular flexibility index (Phi) is 12.0. The van der Waals surface area contributed by atoms with Gasteiger partial charge in [0.25, 0.3) is 0 Å². The number of hydrogen-bond donors (Lipinski definition) is 2. The second-order valence-corrected chi connectivity index (χ2v) is 3.73. The maximum Gasteiger partial charge on any atom is 0.208 e. The van der Waals surface area contributed by atoms with Gasteiger partial charge in [0.05, 0.1) is 13.2 Å². The number of nitrogens with two attached hydrogens (primary N) is 1. The molecule has 0 saturated carbocycles. The van der Waals surface area contributed by atoms with E-state index >= 15 is 0 Å². The van der Waals surface area contributed by atoms with Crippen molar-refractivity contribution in [3.63, 3.8) is 0 Å². The van der Waals surface area contributed by atoms with Crippen LogP contribution in [0, 0.1) is 0 Å². The number of hydrazine groups is 1. The average Bonchev–Trinajstić information content (AvgIpc) is 2.39. The zero-order valence-electron chi connectivity index (χ0n) is 11.9. The lowest BCUT2D eigenvalue weighted by molar-refractivity contribution is 0.106. The number of ether oxygens (including phenoxy) is 2. The molecule has 18 heavy (non-hydrogen) atoms. The van der Waals surface area contributed by atoms with Crippen molar-refractivity contribution >= 4 is 5.96 Å². The molecule has 0 aromatic carbocycles. The van der Waals surface area contributed by atoms with E-state index in [4.69, 9.17) is 15.3 Å². The highest BCUT2D eigenvalue weighted by Gasteiger charge is 2.09. The Bertz CT molecular complexity index is 202. The van der Waals surface area contributed by atoms with Gasteiger partial charge in [-0.3, -0.25) is 10.4 Å². The third kappa shape index (κ3) is 8.27. The van der Waals surface area contributed by atoms with Crippen LogP contribution in [0.25, 0.3) is 0 Å². The molecule has 0 aliphatic rings. The van der Waals surface area contributed by atoms with Gasteiger partial charge in [-0.25, -0.2) is 5.84 Å². The monoisotopic (exact) mass is 260 g/mol. The summed E-state index contributed by atoms with van der Waals surface area (Å²) in [6.45, 7) is 11.1. The van der Waals surface area contributed by atoms with Crippen molar-refractivity contribution in [2.45, 2.75) is 27.2 Å². The molecule has 0 rings (SSSR count). The van der Waals surface area contributed by atoms with Crippen LogP contribution in [0.15, 0.2) is 4.99 Å². The predicted molar refractivity (Wildman–Crippen MR) is 74.5 cm³/mol. The van der Waals surface area contributed by atoms with Crippen molar-refractivity contribution < 1.29 is 9.47 Å². The van der Waals surface area contributed by atoms with E-state index in [2.05, 4.69) is 22.2 Å². The summed E-state index contributed by atoms with van der Waals surface area (Å²) in [4.78, 5) is 6.47. The van der Waals surface area contributed by atoms with Gasteiger partial charge in [-0.2, -0.15) is 0 Å². The lowest BCUT2D eigenvalue weighted by Crippen LogP contribution is -2.47. The highest BCUT2D eigenvalue weighted by molar-refractivity contribution is 5.79. The van der Waals surface area contributed by atoms with Crippen LogP contribution in [0.4, 0.5) is 0 Å². The molecule has 0 fully saturated rings. The first-order valence-corrected chi connectivity index (χ1v) is 6.71. The highest BCUT2D eigenvalue weighted by atomic mass is 16.5. The minimum Gasteiger partial charge on any atom is -0.380 e. The fourth-order valence-electron chi connectivity index (χ4n) is 1.42. The molecule has 0 aliphatic carbocycles. The Morgan fingerprint density at radius 3 is 2.06 bits per heavy atom. The van der Waals surface area contributed by atoms with Crippen molar-refractivity contribution in [1.82, 2.24) is 10.3 Å². The maximum atomic E-state index is 5.52. The summed E-state index contributed by atoms with van der Waals surface area (Å²) in [5, 5.41) is 0. The number of nitrogens with zero attached hydrogens (tertiary/aromatic N) is 2. The molecule has 0 bridgehead atoms. The van der Waals surface area contributed by atoms with Gasteiger partial charge in [-0.05, 0) is 20.3 Å². The van der Waals surface area contributed by atoms with E-state index in [9.17, 15) is 0 Å². The summed E-state index contributed by atoms with van der Waals surface area (Å²) < 4.78 is 10.7. The molecule has 3 N–H and O–H groups in total. The van der Waals surface area contributed by atoms with Crippen molar-refractivity contribution in [3.8, 4) is 0 Å². The third-order valence-corrected chi connectivity index (χ3v) is 2.33. The van der Waals surface area contributed by atoms with Crippen molar-refractivity contribution in [1.29, 1.82) is 0 Å². The molecule has 0 saturated heterocycles. The van der Waals surface area contributed by atoms with Gasteiger partial charge < -0.3 is 14.4 Å². The SMILES string of the molecule is CCCN=C(NN)N(CCOCC)CCOCC. The molecule has 0 aromatic heterocycles. The average molecular weight is 260 g/mol. The summed E-state index contributed by atoms with van der Waals surface area (Å²) >= 11 is 0. The van der Waals surface area contributed by atoms with E-state index < -0.39 is 0 Å². The van der Waals surface area contributed by atoms with Crippen molar-refractivity contribution in [2.75, 3.05) is 46.1 Å². The minimum atomic E-state index is 0.662. The third-order valence-electron chi connectivity index (χ3n) is 2.33. The summed E-state index contributed by atoms with van der Waals surface area (Å²) in [6, 6.07) is 0. The van der Waals surface area contributed by atoms with Gasteiger partial charge in [0.2, 0.25) is 5.96 Å². The fourth-order valence-corrected chi connectivity index (χ4v) is 1.42. The van der Waals surface area contributed by atoms with Crippen molar-refractivity contribution in [3.05, 3.63) is 0 Å². The topological polar surface area (TPSA) is 72.1 Å². The first-order valence-electron chi connectivity index (χ1n) is 6.71. The lowest BCUT2D eigenvalue weighted by Gasteiger charge is -2.25. The van der Waals surface area contributed by atoms with Gasteiger partial charge in [0.15, 0.2) is 0 Å². The van der Waals surface area contributed by atoms with Crippen molar-refractivity contribution in [2.24, 2.45) is 10.8 Å². The van der Waals surface area contributed by atoms with Crippen LogP contribution in [-0.2, 0) is 9.47 Å². The fraction of sp³-hybridized carbons (Fsp3) is 0.917. The Labute approximate surface area is 110 Å². The molecule has 6 nitrogen and oxygen atoms in total. The Morgan fingerprint density at radius 2 is 1.67 bits per heavy atom. The van der Waals surface area contributed by atoms with Gasteiger partial charge >= 0.3 is 0 Å². The van der Waals surface area contributed by atoms with Gasteiger partial charge in [-0.15, -0.1) is 0 Å². The number of aliphatic imine (C=N–C) groups is 1. The Morgan fingerprint density at radius 1 is 1.11 bits per heavy atom. The van der Waals surface area contributed by atoms with Crippen LogP contribution in [0.1, 0.15) is 27.2 Å². The first kappa shape index (κ1) is 17.2. The first-order chi connectivity index (χ1) is 8.79. The Hall–Kier alpha value is -0.850. The van der Waals surface area contributed by atoms with Crippen LogP contribution >= 0.6 is 0 Å². The quantitative estimate of drug-likeness (QED) is 0.198. The van der Waals surface area contributed by atoms with Crippen LogP contribution in [0.3, 0.4) is 0 Å². The summed E-state index contributed by atoms with van der Waals surface area (Å²) in [5.74, 6) is 6.22. The molecule has 0 aliphatic heterocycles. The second-order valence-electron chi connectivity index (χ2n) is 3.73. The lowest BCUT2D eigenvalue weighted by atomic mass is 10.5. The van der Waals surface area contributed by atoms with Gasteiger partial charge in [0, 0.05) is 32.8 Å². The normalized spacial score (nSPS) is 11.7. The van der Waals surface area contributed by atoms with Crippen LogP contribution in [0.2, 0.25) is 0 Å². The predicted octanol–water partition coefficient (Wildman–Crippen LogP) is 0.591. The Balaban J connectivity index is 4.29. The molecule has 0 unspecified atom stereocenters.